The molecule has 2 heterocycles. The maximum absolute atomic E-state index is 2.22. The Hall–Kier alpha value is -2.48. The standard InChI is InChI=1S/C20H22N2/c1-17-5-3-11-21(13-17)15-19-7-9-20(10-8-19)16-22-12-4-6-18(2)14-22/h3-14H,15-16H2,1-2H3/q+2. The molecule has 2 heteroatoms. The van der Waals surface area contributed by atoms with Crippen LogP contribution in [0.25, 0.3) is 0 Å². The van der Waals surface area contributed by atoms with Gasteiger partial charge < -0.3 is 0 Å². The summed E-state index contributed by atoms with van der Waals surface area (Å²) in [6.07, 6.45) is 8.58. The highest BCUT2D eigenvalue weighted by Crippen LogP contribution is 2.05. The Labute approximate surface area is 132 Å². The molecule has 0 saturated carbocycles. The molecular formula is C20H22N2+2. The molecule has 0 bridgehead atoms. The smallest absolute Gasteiger partial charge is 0.173 e. The molecule has 0 saturated heterocycles. The highest BCUT2D eigenvalue weighted by atomic mass is 14.9. The Morgan fingerprint density at radius 1 is 0.636 bits per heavy atom. The van der Waals surface area contributed by atoms with Crippen LogP contribution < -0.4 is 9.13 Å². The number of aromatic nitrogens is 2. The fourth-order valence-electron chi connectivity index (χ4n) is 2.67. The summed E-state index contributed by atoms with van der Waals surface area (Å²) < 4.78 is 4.44. The van der Waals surface area contributed by atoms with Gasteiger partial charge in [-0.05, 0) is 26.0 Å². The van der Waals surface area contributed by atoms with Crippen LogP contribution in [0.3, 0.4) is 0 Å². The normalized spacial score (nSPS) is 10.6. The summed E-state index contributed by atoms with van der Waals surface area (Å²) in [4.78, 5) is 0. The van der Waals surface area contributed by atoms with Gasteiger partial charge in [0.05, 0.1) is 0 Å². The van der Waals surface area contributed by atoms with Crippen molar-refractivity contribution in [1.82, 2.24) is 0 Å². The van der Waals surface area contributed by atoms with Crippen LogP contribution in [0.4, 0.5) is 0 Å². The fourth-order valence-corrected chi connectivity index (χ4v) is 2.67. The van der Waals surface area contributed by atoms with Gasteiger partial charge in [-0.2, -0.15) is 0 Å². The molecule has 3 aromatic rings. The van der Waals surface area contributed by atoms with E-state index in [9.17, 15) is 0 Å². The molecule has 2 aromatic heterocycles. The fraction of sp³-hybridized carbons (Fsp3) is 0.200. The molecule has 0 aliphatic carbocycles. The number of nitrogens with zero attached hydrogens (tertiary/aromatic N) is 2. The third-order valence-corrected chi connectivity index (χ3v) is 3.77. The van der Waals surface area contributed by atoms with E-state index in [1.165, 1.54) is 22.3 Å². The van der Waals surface area contributed by atoms with Crippen LogP contribution in [0, 0.1) is 13.8 Å². The zero-order valence-electron chi connectivity index (χ0n) is 13.2. The van der Waals surface area contributed by atoms with Crippen LogP contribution in [-0.2, 0) is 13.1 Å². The SMILES string of the molecule is Cc1ccc[n+](Cc2ccc(C[n+]3cccc(C)c3)cc2)c1. The summed E-state index contributed by atoms with van der Waals surface area (Å²) in [5.74, 6) is 0. The van der Waals surface area contributed by atoms with Crippen LogP contribution in [0.1, 0.15) is 22.3 Å². The summed E-state index contributed by atoms with van der Waals surface area (Å²) in [7, 11) is 0. The van der Waals surface area contributed by atoms with Gasteiger partial charge in [-0.1, -0.05) is 24.3 Å². The van der Waals surface area contributed by atoms with Crippen LogP contribution in [-0.4, -0.2) is 0 Å². The second-order valence-electron chi connectivity index (χ2n) is 5.92. The van der Waals surface area contributed by atoms with Crippen molar-refractivity contribution in [2.45, 2.75) is 26.9 Å². The van der Waals surface area contributed by atoms with Gasteiger partial charge in [0, 0.05) is 34.4 Å². The first-order valence-corrected chi connectivity index (χ1v) is 7.68. The topological polar surface area (TPSA) is 7.76 Å². The van der Waals surface area contributed by atoms with Crippen LogP contribution in [0.15, 0.2) is 73.3 Å². The molecule has 0 spiro atoms. The van der Waals surface area contributed by atoms with Crippen molar-refractivity contribution < 1.29 is 9.13 Å². The summed E-state index contributed by atoms with van der Waals surface area (Å²) in [6.45, 7) is 6.08. The molecule has 2 nitrogen and oxygen atoms in total. The molecular weight excluding hydrogens is 268 g/mol. The predicted octanol–water partition coefficient (Wildman–Crippen LogP) is 2.98. The van der Waals surface area contributed by atoms with E-state index in [0.29, 0.717) is 0 Å². The summed E-state index contributed by atoms with van der Waals surface area (Å²) in [5.41, 5.74) is 5.23. The number of hydrogen-bond donors (Lipinski definition) is 0. The molecule has 0 amide bonds. The summed E-state index contributed by atoms with van der Waals surface area (Å²) >= 11 is 0. The Bertz CT molecular complexity index is 694. The van der Waals surface area contributed by atoms with Gasteiger partial charge in [-0.15, -0.1) is 0 Å². The van der Waals surface area contributed by atoms with Crippen LogP contribution in [0.5, 0.6) is 0 Å². The van der Waals surface area contributed by atoms with Gasteiger partial charge in [0.15, 0.2) is 37.9 Å². The van der Waals surface area contributed by atoms with E-state index >= 15 is 0 Å². The lowest BCUT2D eigenvalue weighted by Crippen LogP contribution is -2.34. The number of pyridine rings is 2. The molecule has 0 unspecified atom stereocenters. The molecule has 110 valence electrons. The number of rotatable bonds is 4. The maximum atomic E-state index is 2.22. The number of benzene rings is 1. The lowest BCUT2D eigenvalue weighted by atomic mass is 10.1. The average molecular weight is 290 g/mol. The van der Waals surface area contributed by atoms with Gasteiger partial charge in [0.25, 0.3) is 0 Å². The zero-order chi connectivity index (χ0) is 15.4. The van der Waals surface area contributed by atoms with E-state index in [-0.39, 0.29) is 0 Å². The van der Waals surface area contributed by atoms with Crippen molar-refractivity contribution in [3.63, 3.8) is 0 Å². The van der Waals surface area contributed by atoms with E-state index in [1.807, 2.05) is 0 Å². The summed E-state index contributed by atoms with van der Waals surface area (Å²) in [5, 5.41) is 0. The van der Waals surface area contributed by atoms with E-state index < -0.39 is 0 Å². The molecule has 0 N–H and O–H groups in total. The van der Waals surface area contributed by atoms with Gasteiger partial charge >= 0.3 is 0 Å². The van der Waals surface area contributed by atoms with Crippen molar-refractivity contribution in [2.24, 2.45) is 0 Å². The third kappa shape index (κ3) is 3.79. The first-order chi connectivity index (χ1) is 10.7. The van der Waals surface area contributed by atoms with Crippen molar-refractivity contribution in [3.8, 4) is 0 Å². The van der Waals surface area contributed by atoms with Crippen molar-refractivity contribution >= 4 is 0 Å². The largest absolute Gasteiger partial charge is 0.201 e. The van der Waals surface area contributed by atoms with Crippen LogP contribution >= 0.6 is 0 Å². The van der Waals surface area contributed by atoms with Crippen molar-refractivity contribution in [3.05, 3.63) is 95.6 Å². The molecule has 0 fully saturated rings. The molecule has 1 aromatic carbocycles. The minimum Gasteiger partial charge on any atom is -0.201 e. The van der Waals surface area contributed by atoms with Gasteiger partial charge in [0.2, 0.25) is 0 Å². The monoisotopic (exact) mass is 290 g/mol. The Balaban J connectivity index is 1.70. The average Bonchev–Trinajstić information content (AvgIpc) is 2.49. The van der Waals surface area contributed by atoms with Crippen LogP contribution in [0.2, 0.25) is 0 Å². The van der Waals surface area contributed by atoms with E-state index in [1.54, 1.807) is 0 Å². The first-order valence-electron chi connectivity index (χ1n) is 7.68. The minimum atomic E-state index is 0.916. The Morgan fingerprint density at radius 2 is 1.05 bits per heavy atom. The molecule has 3 rings (SSSR count). The van der Waals surface area contributed by atoms with E-state index in [2.05, 4.69) is 96.3 Å². The highest BCUT2D eigenvalue weighted by Gasteiger charge is 2.05. The lowest BCUT2D eigenvalue weighted by molar-refractivity contribution is -0.689. The Kier molecular flexibility index (Phi) is 4.29. The van der Waals surface area contributed by atoms with Gasteiger partial charge in [-0.3, -0.25) is 0 Å². The molecule has 0 aliphatic heterocycles. The molecule has 0 atom stereocenters. The quantitative estimate of drug-likeness (QED) is 0.653. The maximum Gasteiger partial charge on any atom is 0.173 e. The molecule has 22 heavy (non-hydrogen) atoms. The van der Waals surface area contributed by atoms with Crippen molar-refractivity contribution in [1.29, 1.82) is 0 Å². The lowest BCUT2D eigenvalue weighted by Gasteiger charge is -2.02. The van der Waals surface area contributed by atoms with E-state index in [4.69, 9.17) is 0 Å². The number of hydrogen-bond acceptors (Lipinski definition) is 0. The van der Waals surface area contributed by atoms with Gasteiger partial charge in [0.1, 0.15) is 0 Å². The second-order valence-corrected chi connectivity index (χ2v) is 5.92. The second kappa shape index (κ2) is 6.52. The van der Waals surface area contributed by atoms with Crippen molar-refractivity contribution in [2.75, 3.05) is 0 Å². The van der Waals surface area contributed by atoms with E-state index in [0.717, 1.165) is 13.1 Å². The molecule has 0 aliphatic rings. The predicted molar refractivity (Wildman–Crippen MR) is 87.4 cm³/mol. The number of aryl methyl sites for hydroxylation is 2. The van der Waals surface area contributed by atoms with Gasteiger partial charge in [-0.25, -0.2) is 9.13 Å². The molecule has 0 radical (unpaired) electrons. The minimum absolute atomic E-state index is 0.916. The zero-order valence-corrected chi connectivity index (χ0v) is 13.2. The Morgan fingerprint density at radius 3 is 1.41 bits per heavy atom. The first kappa shape index (κ1) is 14.5. The highest BCUT2D eigenvalue weighted by molar-refractivity contribution is 5.21. The third-order valence-electron chi connectivity index (χ3n) is 3.77. The summed E-state index contributed by atoms with van der Waals surface area (Å²) in [6, 6.07) is 17.3.